The van der Waals surface area contributed by atoms with E-state index < -0.39 is 19.6 Å². The van der Waals surface area contributed by atoms with Crippen LogP contribution in [0.2, 0.25) is 8.94 Å². The van der Waals surface area contributed by atoms with Crippen LogP contribution < -0.4 is 24.0 Å². The van der Waals surface area contributed by atoms with Crippen LogP contribution in [0.4, 0.5) is 0 Å². The number of benzene rings is 1. The molecule has 13 heavy (non-hydrogen) atoms. The zero-order valence-electron chi connectivity index (χ0n) is 7.71. The van der Waals surface area contributed by atoms with Crippen LogP contribution >= 0.6 is 0 Å². The van der Waals surface area contributed by atoms with Crippen molar-refractivity contribution in [2.75, 3.05) is 0 Å². The van der Waals surface area contributed by atoms with E-state index in [1.807, 2.05) is 0 Å². The van der Waals surface area contributed by atoms with Gasteiger partial charge in [-0.05, 0) is 0 Å². The van der Waals surface area contributed by atoms with Crippen LogP contribution in [-0.2, 0) is 4.47 Å². The van der Waals surface area contributed by atoms with E-state index in [1.165, 1.54) is 17.3 Å². The molecule has 1 aliphatic rings. The molecule has 0 saturated carbocycles. The second-order valence-corrected chi connectivity index (χ2v) is 10.0. The first kappa shape index (κ1) is 11.8. The minimum absolute atomic E-state index is 0. The summed E-state index contributed by atoms with van der Waals surface area (Å²) in [6, 6.07) is 11.0. The van der Waals surface area contributed by atoms with Gasteiger partial charge in [-0.2, -0.15) is 0 Å². The molecule has 0 unspecified atom stereocenters. The quantitative estimate of drug-likeness (QED) is 0.486. The maximum atomic E-state index is 2.29. The third-order valence-electron chi connectivity index (χ3n) is 2.33. The average molecular weight is 402 g/mol. The predicted octanol–water partition coefficient (Wildman–Crippen LogP) is 0.0609. The van der Waals surface area contributed by atoms with Crippen LogP contribution in [-0.4, -0.2) is 19.6 Å². The summed E-state index contributed by atoms with van der Waals surface area (Å²) in [7, 11) is 0. The molecule has 0 nitrogen and oxygen atoms in total. The van der Waals surface area contributed by atoms with E-state index in [2.05, 4.69) is 30.3 Å². The number of hydrogen-bond acceptors (Lipinski definition) is 0. The summed E-state index contributed by atoms with van der Waals surface area (Å²) in [5.74, 6) is 0. The van der Waals surface area contributed by atoms with E-state index in [0.717, 1.165) is 0 Å². The SMILES string of the molecule is [I-].c1ccc(C[Te+]2CCCC2)cc1. The molecule has 2 heteroatoms. The molecule has 1 fully saturated rings. The molecule has 0 amide bonds. The van der Waals surface area contributed by atoms with Crippen molar-refractivity contribution < 1.29 is 24.0 Å². The van der Waals surface area contributed by atoms with Gasteiger partial charge in [0.15, 0.2) is 0 Å². The van der Waals surface area contributed by atoms with Crippen LogP contribution in [0.25, 0.3) is 0 Å². The molecule has 0 N–H and O–H groups in total. The van der Waals surface area contributed by atoms with Crippen molar-refractivity contribution in [1.82, 2.24) is 0 Å². The van der Waals surface area contributed by atoms with E-state index in [1.54, 1.807) is 14.5 Å². The predicted molar refractivity (Wildman–Crippen MR) is 54.7 cm³/mol. The molecule has 0 aliphatic carbocycles. The van der Waals surface area contributed by atoms with Crippen molar-refractivity contribution in [2.24, 2.45) is 0 Å². The second kappa shape index (κ2) is 6.27. The van der Waals surface area contributed by atoms with Crippen LogP contribution in [0.1, 0.15) is 18.4 Å². The van der Waals surface area contributed by atoms with E-state index in [0.29, 0.717) is 0 Å². The monoisotopic (exact) mass is 404 g/mol. The molecule has 0 spiro atoms. The zero-order chi connectivity index (χ0) is 8.23. The van der Waals surface area contributed by atoms with Crippen molar-refractivity contribution in [2.45, 2.75) is 26.2 Å². The van der Waals surface area contributed by atoms with Gasteiger partial charge in [0.1, 0.15) is 0 Å². The third kappa shape index (κ3) is 3.77. The average Bonchev–Trinajstić information content (AvgIpc) is 2.59. The minimum atomic E-state index is -0.596. The molecule has 1 heterocycles. The summed E-state index contributed by atoms with van der Waals surface area (Å²) in [5.41, 5.74) is 1.59. The van der Waals surface area contributed by atoms with Crippen LogP contribution in [0.5, 0.6) is 0 Å². The van der Waals surface area contributed by atoms with E-state index >= 15 is 0 Å². The van der Waals surface area contributed by atoms with Gasteiger partial charge in [0.25, 0.3) is 0 Å². The maximum absolute atomic E-state index is 2.29. The normalized spacial score (nSPS) is 16.9. The molecule has 2 rings (SSSR count). The van der Waals surface area contributed by atoms with E-state index in [-0.39, 0.29) is 24.0 Å². The zero-order valence-corrected chi connectivity index (χ0v) is 12.2. The molecule has 1 saturated heterocycles. The molecule has 0 aromatic heterocycles. The van der Waals surface area contributed by atoms with Crippen molar-refractivity contribution in [3.63, 3.8) is 0 Å². The topological polar surface area (TPSA) is 0 Å². The first-order chi connectivity index (χ1) is 5.95. The molecule has 0 radical (unpaired) electrons. The van der Waals surface area contributed by atoms with Gasteiger partial charge in [-0.1, -0.05) is 0 Å². The van der Waals surface area contributed by atoms with Gasteiger partial charge in [0.05, 0.1) is 0 Å². The Balaban J connectivity index is 0.000000845. The Bertz CT molecular complexity index is 229. The van der Waals surface area contributed by atoms with Gasteiger partial charge in [-0.25, -0.2) is 0 Å². The molecule has 0 atom stereocenters. The fourth-order valence-corrected chi connectivity index (χ4v) is 8.47. The fourth-order valence-electron chi connectivity index (χ4n) is 1.67. The summed E-state index contributed by atoms with van der Waals surface area (Å²) in [6.07, 6.45) is 3.06. The standard InChI is InChI=1S/C11H15Te.HI/c1-2-6-11(7-3-1)10-12-8-4-5-9-12;/h1-3,6-7H,4-5,8-10H2;1H/q+1;/p-1. The summed E-state index contributed by atoms with van der Waals surface area (Å²) in [4.78, 5) is 0. The number of halogens is 1. The Morgan fingerprint density at radius 2 is 1.62 bits per heavy atom. The summed E-state index contributed by atoms with van der Waals surface area (Å²) in [5, 5.41) is 0. The van der Waals surface area contributed by atoms with Crippen molar-refractivity contribution in [3.05, 3.63) is 35.9 Å². The van der Waals surface area contributed by atoms with Crippen LogP contribution in [0.3, 0.4) is 0 Å². The van der Waals surface area contributed by atoms with Gasteiger partial charge < -0.3 is 24.0 Å². The van der Waals surface area contributed by atoms with Crippen molar-refractivity contribution in [3.8, 4) is 0 Å². The van der Waals surface area contributed by atoms with Gasteiger partial charge in [-0.3, -0.25) is 0 Å². The molecule has 1 aromatic carbocycles. The summed E-state index contributed by atoms with van der Waals surface area (Å²) < 4.78 is 4.72. The fraction of sp³-hybridized carbons (Fsp3) is 0.455. The number of hydrogen-bond donors (Lipinski definition) is 0. The molecule has 1 aliphatic heterocycles. The Morgan fingerprint density at radius 3 is 2.23 bits per heavy atom. The van der Waals surface area contributed by atoms with E-state index in [4.69, 9.17) is 0 Å². The second-order valence-electron chi connectivity index (χ2n) is 3.36. The summed E-state index contributed by atoms with van der Waals surface area (Å²) >= 11 is -0.596. The molecular formula is C11H15ITe. The number of rotatable bonds is 2. The van der Waals surface area contributed by atoms with Gasteiger partial charge in [-0.15, -0.1) is 0 Å². The first-order valence-electron chi connectivity index (χ1n) is 4.63. The Labute approximate surface area is 105 Å². The van der Waals surface area contributed by atoms with Crippen molar-refractivity contribution >= 4 is 19.6 Å². The Morgan fingerprint density at radius 1 is 1.00 bits per heavy atom. The molecule has 0 bridgehead atoms. The van der Waals surface area contributed by atoms with Gasteiger partial charge >= 0.3 is 81.7 Å². The third-order valence-corrected chi connectivity index (χ3v) is 9.39. The van der Waals surface area contributed by atoms with Crippen LogP contribution in [0.15, 0.2) is 30.3 Å². The van der Waals surface area contributed by atoms with Crippen LogP contribution in [0, 0.1) is 0 Å². The van der Waals surface area contributed by atoms with Gasteiger partial charge in [0.2, 0.25) is 0 Å². The molecular weight excluding hydrogens is 387 g/mol. The first-order valence-corrected chi connectivity index (χ1v) is 9.57. The van der Waals surface area contributed by atoms with Gasteiger partial charge in [0, 0.05) is 0 Å². The summed E-state index contributed by atoms with van der Waals surface area (Å²) in [6.45, 7) is 0. The molecule has 72 valence electrons. The Kier molecular flexibility index (Phi) is 5.69. The van der Waals surface area contributed by atoms with Crippen molar-refractivity contribution in [1.29, 1.82) is 0 Å². The molecule has 1 aromatic rings. The Hall–Kier alpha value is 0.740. The van der Waals surface area contributed by atoms with E-state index in [9.17, 15) is 0 Å².